The average molecular weight is 618 g/mol. The number of sulfone groups is 1. The summed E-state index contributed by atoms with van der Waals surface area (Å²) in [6, 6.07) is 8.44. The Morgan fingerprint density at radius 1 is 0.897 bits per heavy atom. The Morgan fingerprint density at radius 3 is 1.90 bits per heavy atom. The quantitative estimate of drug-likeness (QED) is 0.303. The number of fused-ring (bicyclic) bond motifs is 1. The fourth-order valence-electron chi connectivity index (χ4n) is 3.24. The molecule has 0 atom stereocenters. The first-order valence-corrected chi connectivity index (χ1v) is 20.6. The number of hydrogen-bond acceptors (Lipinski definition) is 6. The van der Waals surface area contributed by atoms with Crippen molar-refractivity contribution in [2.75, 3.05) is 0 Å². The molecular formula is C27H36F3O5S2Si2. The average Bonchev–Trinajstić information content (AvgIpc) is 3.17. The number of alkyl halides is 3. The number of halogens is 3. The van der Waals surface area contributed by atoms with Crippen molar-refractivity contribution in [3.63, 3.8) is 0 Å². The molecule has 0 unspecified atom stereocenters. The molecule has 0 aliphatic heterocycles. The zero-order chi connectivity index (χ0) is 30.0. The van der Waals surface area contributed by atoms with Crippen molar-refractivity contribution in [3.05, 3.63) is 39.6 Å². The van der Waals surface area contributed by atoms with Crippen molar-refractivity contribution < 1.29 is 35.2 Å². The number of carbonyl (C=O) groups excluding carboxylic acids is 1. The summed E-state index contributed by atoms with van der Waals surface area (Å²) < 4.78 is 76.6. The van der Waals surface area contributed by atoms with Gasteiger partial charge in [-0.1, -0.05) is 41.5 Å². The first-order valence-electron chi connectivity index (χ1n) is 12.5. The molecule has 0 fully saturated rings. The topological polar surface area (TPSA) is 69.7 Å². The van der Waals surface area contributed by atoms with E-state index >= 15 is 0 Å². The van der Waals surface area contributed by atoms with Gasteiger partial charge in [0.1, 0.15) is 11.5 Å². The fourth-order valence-corrected chi connectivity index (χ4v) is 7.33. The second kappa shape index (κ2) is 9.88. The van der Waals surface area contributed by atoms with Gasteiger partial charge in [0.15, 0.2) is 5.78 Å². The van der Waals surface area contributed by atoms with E-state index in [0.29, 0.717) is 21.9 Å². The third kappa shape index (κ3) is 6.23. The molecule has 0 saturated carbocycles. The Morgan fingerprint density at radius 2 is 1.41 bits per heavy atom. The van der Waals surface area contributed by atoms with E-state index in [1.165, 1.54) is 0 Å². The number of allylic oxidation sites excluding steroid dienone is 1. The van der Waals surface area contributed by atoms with Crippen LogP contribution in [0.1, 0.15) is 63.2 Å². The van der Waals surface area contributed by atoms with E-state index in [2.05, 4.69) is 73.8 Å². The second-order valence-corrected chi connectivity index (χ2v) is 25.3. The highest BCUT2D eigenvalue weighted by molar-refractivity contribution is 7.96. The maximum absolute atomic E-state index is 13.1. The molecule has 215 valence electrons. The Labute approximate surface area is 235 Å². The third-order valence-corrected chi connectivity index (χ3v) is 19.1. The van der Waals surface area contributed by atoms with Gasteiger partial charge in [-0.05, 0) is 66.1 Å². The largest absolute Gasteiger partial charge is 0.541 e. The highest BCUT2D eigenvalue weighted by Crippen LogP contribution is 2.46. The molecular weight excluding hydrogens is 582 g/mol. The number of Topliss-reactive ketones (excluding diaryl/α,β-unsaturated/α-hetero) is 1. The standard InChI is InChI=1S/C27H36F3O5S2Si2/c1-25(2,3)38(7,8)34-21-12-11-17(13-22(21)35-39(9,10)26(4,5)6)23-16-19-20(31)14-18(15-24(19)36-23)37(32,33)27(28,29)30/h11-13,15H,14H2,1-10H3. The lowest BCUT2D eigenvalue weighted by Crippen LogP contribution is -2.45. The van der Waals surface area contributed by atoms with E-state index < -0.39 is 49.1 Å². The van der Waals surface area contributed by atoms with Crippen molar-refractivity contribution in [1.29, 1.82) is 0 Å². The number of ketones is 1. The molecule has 39 heavy (non-hydrogen) atoms. The van der Waals surface area contributed by atoms with Gasteiger partial charge in [-0.2, -0.15) is 13.2 Å². The molecule has 1 aromatic carbocycles. The van der Waals surface area contributed by atoms with Gasteiger partial charge in [0.2, 0.25) is 0 Å². The van der Waals surface area contributed by atoms with Gasteiger partial charge < -0.3 is 8.85 Å². The van der Waals surface area contributed by atoms with Gasteiger partial charge in [-0.3, -0.25) is 4.79 Å². The van der Waals surface area contributed by atoms with Gasteiger partial charge >= 0.3 is 5.51 Å². The molecule has 5 nitrogen and oxygen atoms in total. The summed E-state index contributed by atoms with van der Waals surface area (Å²) in [6.45, 7) is 21.3. The Bertz CT molecular complexity index is 1420. The summed E-state index contributed by atoms with van der Waals surface area (Å²) >= 11 is 1.02. The molecule has 0 saturated heterocycles. The summed E-state index contributed by atoms with van der Waals surface area (Å²) in [6.07, 6.45) is 0.0900. The monoisotopic (exact) mass is 617 g/mol. The first kappa shape index (κ1) is 31.6. The zero-order valence-corrected chi connectivity index (χ0v) is 27.6. The zero-order valence-electron chi connectivity index (χ0n) is 24.0. The number of rotatable bonds is 6. The predicted molar refractivity (Wildman–Crippen MR) is 156 cm³/mol. The van der Waals surface area contributed by atoms with Crippen LogP contribution >= 0.6 is 11.3 Å². The Balaban J connectivity index is 2.13. The van der Waals surface area contributed by atoms with Crippen LogP contribution in [0, 0.1) is 6.07 Å². The minimum absolute atomic E-state index is 0.0539. The number of thiophene rings is 1. The molecule has 3 rings (SSSR count). The highest BCUT2D eigenvalue weighted by Gasteiger charge is 2.49. The van der Waals surface area contributed by atoms with Gasteiger partial charge in [0.25, 0.3) is 26.5 Å². The lowest BCUT2D eigenvalue weighted by Gasteiger charge is -2.39. The second-order valence-electron chi connectivity index (χ2n) is 12.8. The summed E-state index contributed by atoms with van der Waals surface area (Å²) in [7, 11) is -10.1. The van der Waals surface area contributed by atoms with E-state index in [0.717, 1.165) is 17.4 Å². The molecule has 0 N–H and O–H groups in total. The van der Waals surface area contributed by atoms with Crippen LogP contribution in [0.15, 0.2) is 23.1 Å². The molecule has 2 aromatic rings. The molecule has 1 radical (unpaired) electrons. The third-order valence-electron chi connectivity index (χ3n) is 7.80. The summed E-state index contributed by atoms with van der Waals surface area (Å²) in [5.41, 5.74) is -4.74. The molecule has 12 heteroatoms. The van der Waals surface area contributed by atoms with Crippen LogP contribution in [0.3, 0.4) is 0 Å². The lowest BCUT2D eigenvalue weighted by molar-refractivity contribution is -0.0426. The van der Waals surface area contributed by atoms with E-state index in [1.807, 2.05) is 12.1 Å². The fraction of sp³-hybridized carbons (Fsp3) is 0.519. The van der Waals surface area contributed by atoms with Crippen molar-refractivity contribution in [2.45, 2.75) is 89.7 Å². The van der Waals surface area contributed by atoms with Gasteiger partial charge in [-0.25, -0.2) is 8.42 Å². The molecule has 0 bridgehead atoms. The molecule has 0 spiro atoms. The minimum Gasteiger partial charge on any atom is -0.541 e. The van der Waals surface area contributed by atoms with Crippen LogP contribution < -0.4 is 8.85 Å². The van der Waals surface area contributed by atoms with E-state index in [4.69, 9.17) is 8.85 Å². The molecule has 1 aliphatic carbocycles. The van der Waals surface area contributed by atoms with Gasteiger partial charge in [-0.15, -0.1) is 11.3 Å². The van der Waals surface area contributed by atoms with Crippen molar-refractivity contribution in [2.24, 2.45) is 0 Å². The summed E-state index contributed by atoms with van der Waals surface area (Å²) in [5, 5.41) is -0.148. The maximum Gasteiger partial charge on any atom is 0.501 e. The van der Waals surface area contributed by atoms with Crippen molar-refractivity contribution in [1.82, 2.24) is 0 Å². The molecule has 1 heterocycles. The first-order chi connectivity index (χ1) is 17.4. The number of carbonyl (C=O) groups is 1. The number of benzene rings is 1. The lowest BCUT2D eigenvalue weighted by atomic mass is 10.0. The smallest absolute Gasteiger partial charge is 0.501 e. The predicted octanol–water partition coefficient (Wildman–Crippen LogP) is 8.85. The van der Waals surface area contributed by atoms with Crippen LogP contribution in [-0.2, 0) is 9.84 Å². The Kier molecular flexibility index (Phi) is 8.01. The summed E-state index contributed by atoms with van der Waals surface area (Å²) in [5.74, 6) is 0.463. The van der Waals surface area contributed by atoms with E-state index in [1.54, 1.807) is 6.07 Å². The van der Waals surface area contributed by atoms with Crippen molar-refractivity contribution in [3.8, 4) is 21.9 Å². The molecule has 0 amide bonds. The normalized spacial score (nSPS) is 15.6. The molecule has 1 aliphatic rings. The maximum atomic E-state index is 13.1. The van der Waals surface area contributed by atoms with Crippen molar-refractivity contribution >= 4 is 49.7 Å². The van der Waals surface area contributed by atoms with Gasteiger partial charge in [0, 0.05) is 27.8 Å². The van der Waals surface area contributed by atoms with E-state index in [-0.39, 0.29) is 20.5 Å². The van der Waals surface area contributed by atoms with Crippen LogP contribution in [0.4, 0.5) is 13.2 Å². The van der Waals surface area contributed by atoms with Crippen LogP contribution in [0.2, 0.25) is 36.3 Å². The SMILES string of the molecule is CC(C)(C)[Si](C)(C)Oc1ccc(-c2[c]c3c(s2)C=C(S(=O)(=O)C(F)(F)F)CC3=O)cc1O[Si](C)(C)C(C)(C)C. The minimum atomic E-state index is -5.60. The van der Waals surface area contributed by atoms with Gasteiger partial charge in [0.05, 0.1) is 4.91 Å². The number of hydrogen-bond donors (Lipinski definition) is 0. The highest BCUT2D eigenvalue weighted by atomic mass is 32.2. The van der Waals surface area contributed by atoms with Crippen LogP contribution in [0.5, 0.6) is 11.5 Å². The van der Waals surface area contributed by atoms with E-state index in [9.17, 15) is 26.4 Å². The molecule has 1 aromatic heterocycles. The van der Waals surface area contributed by atoms with Crippen LogP contribution in [0.25, 0.3) is 16.5 Å². The Hall–Kier alpha value is -1.90. The summed E-state index contributed by atoms with van der Waals surface area (Å²) in [4.78, 5) is 12.3. The van der Waals surface area contributed by atoms with Crippen LogP contribution in [-0.4, -0.2) is 36.3 Å².